The number of carbonyl (C=O) groups is 1. The smallest absolute Gasteiger partial charge is 0.432 e. The average Bonchev–Trinajstić information content (AvgIpc) is 3.03. The third kappa shape index (κ3) is 8.58. The van der Waals surface area contributed by atoms with Gasteiger partial charge in [-0.3, -0.25) is 9.09 Å². The van der Waals surface area contributed by atoms with Crippen LogP contribution >= 0.6 is 20.0 Å². The monoisotopic (exact) mass is 481 g/mol. The molecule has 0 bridgehead atoms. The first-order valence-corrected chi connectivity index (χ1v) is 11.1. The molecule has 2 N–H and O–H groups in total. The predicted molar refractivity (Wildman–Crippen MR) is 115 cm³/mol. The summed E-state index contributed by atoms with van der Waals surface area (Å²) in [5.74, 6) is 0.284. The van der Waals surface area contributed by atoms with Crippen molar-refractivity contribution in [3.63, 3.8) is 0 Å². The molecule has 2 aromatic heterocycles. The van der Waals surface area contributed by atoms with Gasteiger partial charge in [0, 0.05) is 0 Å². The van der Waals surface area contributed by atoms with E-state index in [1.54, 1.807) is 45.5 Å². The minimum Gasteiger partial charge on any atom is -0.432 e. The lowest BCUT2D eigenvalue weighted by molar-refractivity contribution is -0.0199. The standard InChI is InChI=1S/C17H28N5O7P.ClH/c1-11(2)28-17(23)25-9-27-30(24,29-12(3)4)10-26-13(5)6-22-8-21-14-15(18)19-7-20-16(14)22;/h7-8,11-13H,6,9-10H2,1-5H3,(H2,18,19,20);1H/t13-,30?;/m1./s1. The Labute approximate surface area is 186 Å². The Hall–Kier alpha value is -1.98. The topological polar surface area (TPSA) is 150 Å². The van der Waals surface area contributed by atoms with E-state index < -0.39 is 32.8 Å². The lowest BCUT2D eigenvalue weighted by atomic mass is 10.4. The summed E-state index contributed by atoms with van der Waals surface area (Å²) in [6, 6.07) is 0. The second-order valence-electron chi connectivity index (χ2n) is 7.01. The molecular weight excluding hydrogens is 453 g/mol. The quantitative estimate of drug-likeness (QED) is 0.286. The van der Waals surface area contributed by atoms with Crippen LogP contribution in [-0.2, 0) is 34.4 Å². The molecule has 31 heavy (non-hydrogen) atoms. The number of aromatic nitrogens is 4. The highest BCUT2D eigenvalue weighted by atomic mass is 35.5. The highest BCUT2D eigenvalue weighted by molar-refractivity contribution is 7.53. The summed E-state index contributed by atoms with van der Waals surface area (Å²) < 4.78 is 40.5. The zero-order valence-corrected chi connectivity index (χ0v) is 19.8. The van der Waals surface area contributed by atoms with Gasteiger partial charge in [0.2, 0.25) is 6.79 Å². The van der Waals surface area contributed by atoms with Gasteiger partial charge >= 0.3 is 13.8 Å². The number of nitrogens with zero attached hydrogens (tertiary/aromatic N) is 4. The normalized spacial score (nSPS) is 14.3. The molecule has 2 atom stereocenters. The van der Waals surface area contributed by atoms with Crippen LogP contribution in [0.15, 0.2) is 12.7 Å². The van der Waals surface area contributed by atoms with E-state index in [9.17, 15) is 9.36 Å². The van der Waals surface area contributed by atoms with E-state index in [0.29, 0.717) is 17.7 Å². The van der Waals surface area contributed by atoms with Crippen LogP contribution in [0, 0.1) is 0 Å². The number of imidazole rings is 1. The van der Waals surface area contributed by atoms with E-state index in [1.807, 2.05) is 0 Å². The van der Waals surface area contributed by atoms with Crippen molar-refractivity contribution in [1.82, 2.24) is 19.5 Å². The lowest BCUT2D eigenvalue weighted by Gasteiger charge is -2.22. The van der Waals surface area contributed by atoms with Gasteiger partial charge in [0.1, 0.15) is 18.2 Å². The van der Waals surface area contributed by atoms with Crippen LogP contribution in [0.25, 0.3) is 11.2 Å². The Morgan fingerprint density at radius 2 is 1.87 bits per heavy atom. The molecule has 0 saturated carbocycles. The largest absolute Gasteiger partial charge is 0.510 e. The number of rotatable bonds is 11. The van der Waals surface area contributed by atoms with Crippen molar-refractivity contribution in [2.75, 3.05) is 18.9 Å². The number of fused-ring (bicyclic) bond motifs is 1. The first-order valence-electron chi connectivity index (χ1n) is 9.38. The highest BCUT2D eigenvalue weighted by Crippen LogP contribution is 2.49. The average molecular weight is 482 g/mol. The van der Waals surface area contributed by atoms with Crippen molar-refractivity contribution in [3.05, 3.63) is 12.7 Å². The van der Waals surface area contributed by atoms with Crippen LogP contribution in [0.3, 0.4) is 0 Å². The first-order chi connectivity index (χ1) is 14.1. The Kier molecular flexibility index (Phi) is 10.6. The second-order valence-corrected chi connectivity index (χ2v) is 8.96. The summed E-state index contributed by atoms with van der Waals surface area (Å²) in [6.07, 6.45) is 0.532. The summed E-state index contributed by atoms with van der Waals surface area (Å²) in [5, 5.41) is 0. The lowest BCUT2D eigenvalue weighted by Crippen LogP contribution is -2.20. The second kappa shape index (κ2) is 12.2. The molecule has 0 saturated heterocycles. The molecule has 2 heterocycles. The molecule has 2 aromatic rings. The molecule has 1 unspecified atom stereocenters. The number of nitrogens with two attached hydrogens (primary N) is 1. The molecule has 0 amide bonds. The van der Waals surface area contributed by atoms with Crippen molar-refractivity contribution in [3.8, 4) is 0 Å². The zero-order valence-electron chi connectivity index (χ0n) is 18.1. The van der Waals surface area contributed by atoms with Gasteiger partial charge in [0.15, 0.2) is 11.5 Å². The molecule has 0 radical (unpaired) electrons. The number of anilines is 1. The molecule has 0 aromatic carbocycles. The highest BCUT2D eigenvalue weighted by Gasteiger charge is 2.29. The zero-order chi connectivity index (χ0) is 22.3. The summed E-state index contributed by atoms with van der Waals surface area (Å²) in [6.45, 7) is 8.32. The van der Waals surface area contributed by atoms with Crippen molar-refractivity contribution in [2.24, 2.45) is 0 Å². The minimum absolute atomic E-state index is 0. The summed E-state index contributed by atoms with van der Waals surface area (Å²) in [4.78, 5) is 23.7. The van der Waals surface area contributed by atoms with Gasteiger partial charge in [-0.15, -0.1) is 12.4 Å². The molecule has 176 valence electrons. The van der Waals surface area contributed by atoms with Crippen molar-refractivity contribution < 1.29 is 32.6 Å². The Morgan fingerprint density at radius 3 is 2.52 bits per heavy atom. The number of ether oxygens (including phenoxy) is 3. The third-order valence-corrected chi connectivity index (χ3v) is 5.24. The van der Waals surface area contributed by atoms with Crippen molar-refractivity contribution >= 4 is 43.1 Å². The molecule has 0 aliphatic heterocycles. The summed E-state index contributed by atoms with van der Waals surface area (Å²) in [5.41, 5.74) is 6.84. The van der Waals surface area contributed by atoms with Gasteiger partial charge in [0.05, 0.1) is 31.2 Å². The maximum absolute atomic E-state index is 12.9. The van der Waals surface area contributed by atoms with Crippen molar-refractivity contribution in [1.29, 1.82) is 0 Å². The summed E-state index contributed by atoms with van der Waals surface area (Å²) >= 11 is 0. The molecule has 0 spiro atoms. The Bertz CT molecular complexity index is 895. The van der Waals surface area contributed by atoms with E-state index in [4.69, 9.17) is 29.0 Å². The van der Waals surface area contributed by atoms with Crippen LogP contribution in [0.5, 0.6) is 0 Å². The van der Waals surface area contributed by atoms with E-state index in [1.165, 1.54) is 6.33 Å². The SMILES string of the molecule is CC(C)OC(=O)OCOP(=O)(CO[C@H](C)Cn1cnc2c(N)ncnc21)OC(C)C.Cl. The predicted octanol–water partition coefficient (Wildman–Crippen LogP) is 3.35. The molecular formula is C17H29ClN5O7P. The van der Waals surface area contributed by atoms with Crippen LogP contribution in [-0.4, -0.2) is 57.1 Å². The van der Waals surface area contributed by atoms with Gasteiger partial charge in [-0.1, -0.05) is 0 Å². The minimum atomic E-state index is -3.69. The van der Waals surface area contributed by atoms with Crippen LogP contribution < -0.4 is 5.73 Å². The molecule has 0 fully saturated rings. The maximum atomic E-state index is 12.9. The molecule has 2 rings (SSSR count). The third-order valence-electron chi connectivity index (χ3n) is 3.53. The van der Waals surface area contributed by atoms with Gasteiger partial charge in [-0.2, -0.15) is 0 Å². The van der Waals surface area contributed by atoms with Gasteiger partial charge in [-0.05, 0) is 34.6 Å². The molecule has 14 heteroatoms. The first kappa shape index (κ1) is 27.1. The molecule has 0 aliphatic rings. The number of hydrogen-bond donors (Lipinski definition) is 1. The number of carbonyl (C=O) groups excluding carboxylic acids is 1. The summed E-state index contributed by atoms with van der Waals surface area (Å²) in [7, 11) is -3.69. The fraction of sp³-hybridized carbons (Fsp3) is 0.647. The van der Waals surface area contributed by atoms with E-state index >= 15 is 0 Å². The fourth-order valence-electron chi connectivity index (χ4n) is 2.38. The maximum Gasteiger partial charge on any atom is 0.510 e. The van der Waals surface area contributed by atoms with Crippen LogP contribution in [0.4, 0.5) is 10.6 Å². The molecule has 0 aliphatic carbocycles. The Balaban J connectivity index is 0.00000480. The molecule has 12 nitrogen and oxygen atoms in total. The fourth-order valence-corrected chi connectivity index (χ4v) is 3.87. The van der Waals surface area contributed by atoms with E-state index in [2.05, 4.69) is 15.0 Å². The van der Waals surface area contributed by atoms with E-state index in [-0.39, 0.29) is 30.7 Å². The van der Waals surface area contributed by atoms with Crippen LogP contribution in [0.1, 0.15) is 34.6 Å². The van der Waals surface area contributed by atoms with Crippen LogP contribution in [0.2, 0.25) is 0 Å². The van der Waals surface area contributed by atoms with Gasteiger partial charge in [0.25, 0.3) is 0 Å². The van der Waals surface area contributed by atoms with E-state index in [0.717, 1.165) is 0 Å². The van der Waals surface area contributed by atoms with Gasteiger partial charge < -0.3 is 29.0 Å². The van der Waals surface area contributed by atoms with Crippen molar-refractivity contribution in [2.45, 2.75) is 59.5 Å². The Morgan fingerprint density at radius 1 is 1.16 bits per heavy atom. The number of halogens is 1. The van der Waals surface area contributed by atoms with Gasteiger partial charge in [-0.25, -0.2) is 19.7 Å². The number of hydrogen-bond acceptors (Lipinski definition) is 11. The number of nitrogen functional groups attached to an aromatic ring is 1.